The molecule has 0 radical (unpaired) electrons. The Morgan fingerprint density at radius 3 is 2.88 bits per heavy atom. The molecule has 4 rings (SSSR count). The third-order valence-electron chi connectivity index (χ3n) is 3.65. The van der Waals surface area contributed by atoms with E-state index in [2.05, 4.69) is 35.3 Å². The van der Waals surface area contributed by atoms with Crippen LogP contribution in [0.25, 0.3) is 28.2 Å². The van der Waals surface area contributed by atoms with Crippen LogP contribution in [-0.2, 0) is 0 Å². The molecule has 126 valence electrons. The molecule has 0 spiro atoms. The van der Waals surface area contributed by atoms with Crippen molar-refractivity contribution in [1.82, 2.24) is 40.0 Å². The highest BCUT2D eigenvalue weighted by Gasteiger charge is 2.11. The number of nitrogens with zero attached hydrogens (tertiary/aromatic N) is 7. The number of H-pyrrole nitrogens is 1. The van der Waals surface area contributed by atoms with Gasteiger partial charge in [-0.15, -0.1) is 0 Å². The van der Waals surface area contributed by atoms with Gasteiger partial charge in [-0.2, -0.15) is 10.4 Å². The Bertz CT molecular complexity index is 1120. The van der Waals surface area contributed by atoms with E-state index in [1.165, 1.54) is 17.1 Å². The van der Waals surface area contributed by atoms with Crippen molar-refractivity contribution < 1.29 is 4.79 Å². The minimum Gasteiger partial charge on any atom is -0.339 e. The van der Waals surface area contributed by atoms with Crippen molar-refractivity contribution in [3.63, 3.8) is 0 Å². The van der Waals surface area contributed by atoms with Gasteiger partial charge in [0.2, 0.25) is 5.95 Å². The molecule has 0 aliphatic rings. The predicted molar refractivity (Wildman–Crippen MR) is 90.0 cm³/mol. The van der Waals surface area contributed by atoms with Gasteiger partial charge in [0.25, 0.3) is 5.91 Å². The Labute approximate surface area is 146 Å². The molecule has 10 heteroatoms. The standard InChI is InChI=1S/C16H11N9O/c17-2-4-19-15(26)10-5-20-16(21-6-10)25-8-11(7-24-25)12-1-3-18-14-13(12)22-9-23-14/h1,3,5-9H,4H2,(H,19,26)(H,18,22,23). The van der Waals surface area contributed by atoms with E-state index in [1.54, 1.807) is 24.9 Å². The van der Waals surface area contributed by atoms with Crippen molar-refractivity contribution in [2.75, 3.05) is 6.54 Å². The number of aromatic amines is 1. The van der Waals surface area contributed by atoms with Crippen molar-refractivity contribution in [2.45, 2.75) is 0 Å². The van der Waals surface area contributed by atoms with E-state index in [1.807, 2.05) is 12.1 Å². The van der Waals surface area contributed by atoms with Crippen LogP contribution in [0.3, 0.4) is 0 Å². The maximum absolute atomic E-state index is 11.8. The average molecular weight is 345 g/mol. The van der Waals surface area contributed by atoms with Crippen molar-refractivity contribution in [3.05, 3.63) is 48.9 Å². The third kappa shape index (κ3) is 2.73. The first kappa shape index (κ1) is 15.4. The minimum atomic E-state index is -0.406. The number of carbonyl (C=O) groups is 1. The Morgan fingerprint density at radius 1 is 1.23 bits per heavy atom. The maximum atomic E-state index is 11.8. The average Bonchev–Trinajstić information content (AvgIpc) is 3.35. The van der Waals surface area contributed by atoms with Crippen LogP contribution < -0.4 is 5.32 Å². The topological polar surface area (TPSA) is 138 Å². The number of aromatic nitrogens is 7. The number of carbonyl (C=O) groups excluding carboxylic acids is 1. The lowest BCUT2D eigenvalue weighted by Crippen LogP contribution is -2.24. The SMILES string of the molecule is N#CCNC(=O)c1cnc(-n2cc(-c3ccnc4[nH]cnc34)cn2)nc1. The number of hydrogen-bond acceptors (Lipinski definition) is 7. The van der Waals surface area contributed by atoms with E-state index < -0.39 is 5.91 Å². The zero-order valence-electron chi connectivity index (χ0n) is 13.3. The van der Waals surface area contributed by atoms with Gasteiger partial charge in [0.15, 0.2) is 5.65 Å². The molecule has 26 heavy (non-hydrogen) atoms. The fourth-order valence-electron chi connectivity index (χ4n) is 2.43. The number of nitriles is 1. The van der Waals surface area contributed by atoms with E-state index in [-0.39, 0.29) is 12.1 Å². The quantitative estimate of drug-likeness (QED) is 0.523. The van der Waals surface area contributed by atoms with E-state index >= 15 is 0 Å². The summed E-state index contributed by atoms with van der Waals surface area (Å²) in [6.07, 6.45) is 9.50. The highest BCUT2D eigenvalue weighted by Crippen LogP contribution is 2.25. The van der Waals surface area contributed by atoms with Gasteiger partial charge in [-0.25, -0.2) is 24.6 Å². The lowest BCUT2D eigenvalue weighted by atomic mass is 10.1. The van der Waals surface area contributed by atoms with E-state index in [4.69, 9.17) is 5.26 Å². The molecule has 0 fully saturated rings. The van der Waals surface area contributed by atoms with Gasteiger partial charge in [-0.1, -0.05) is 0 Å². The third-order valence-corrected chi connectivity index (χ3v) is 3.65. The molecule has 4 aromatic rings. The fraction of sp³-hybridized carbons (Fsp3) is 0.0625. The number of hydrogen-bond donors (Lipinski definition) is 2. The molecule has 0 saturated heterocycles. The molecule has 0 aliphatic carbocycles. The predicted octanol–water partition coefficient (Wildman–Crippen LogP) is 0.854. The van der Waals surface area contributed by atoms with Crippen LogP contribution in [0.4, 0.5) is 0 Å². The number of pyridine rings is 1. The smallest absolute Gasteiger partial charge is 0.255 e. The Hall–Kier alpha value is -4.13. The zero-order chi connectivity index (χ0) is 17.9. The second kappa shape index (κ2) is 6.40. The monoisotopic (exact) mass is 345 g/mol. The van der Waals surface area contributed by atoms with Crippen LogP contribution in [0.15, 0.2) is 43.4 Å². The summed E-state index contributed by atoms with van der Waals surface area (Å²) in [5.41, 5.74) is 3.43. The zero-order valence-corrected chi connectivity index (χ0v) is 13.3. The number of fused-ring (bicyclic) bond motifs is 1. The summed E-state index contributed by atoms with van der Waals surface area (Å²) < 4.78 is 1.51. The number of nitrogens with one attached hydrogen (secondary N) is 2. The van der Waals surface area contributed by atoms with Gasteiger partial charge >= 0.3 is 0 Å². The molecule has 4 heterocycles. The second-order valence-corrected chi connectivity index (χ2v) is 5.24. The van der Waals surface area contributed by atoms with Crippen LogP contribution in [0, 0.1) is 11.3 Å². The summed E-state index contributed by atoms with van der Waals surface area (Å²) >= 11 is 0. The van der Waals surface area contributed by atoms with Crippen LogP contribution >= 0.6 is 0 Å². The second-order valence-electron chi connectivity index (χ2n) is 5.24. The van der Waals surface area contributed by atoms with E-state index in [0.717, 1.165) is 16.6 Å². The summed E-state index contributed by atoms with van der Waals surface area (Å²) in [6.45, 7) is -0.0727. The summed E-state index contributed by atoms with van der Waals surface area (Å²) in [4.78, 5) is 31.5. The molecule has 2 N–H and O–H groups in total. The maximum Gasteiger partial charge on any atom is 0.255 e. The molecular formula is C16H11N9O. The lowest BCUT2D eigenvalue weighted by molar-refractivity contribution is 0.0957. The first-order chi connectivity index (χ1) is 12.8. The molecule has 0 saturated carbocycles. The number of rotatable bonds is 4. The summed E-state index contributed by atoms with van der Waals surface area (Å²) in [5.74, 6) is -0.0858. The molecular weight excluding hydrogens is 334 g/mol. The summed E-state index contributed by atoms with van der Waals surface area (Å²) in [7, 11) is 0. The first-order valence-electron chi connectivity index (χ1n) is 7.57. The highest BCUT2D eigenvalue weighted by molar-refractivity contribution is 5.93. The molecule has 10 nitrogen and oxygen atoms in total. The Morgan fingerprint density at radius 2 is 2.08 bits per heavy atom. The van der Waals surface area contributed by atoms with Crippen LogP contribution in [0.5, 0.6) is 0 Å². The van der Waals surface area contributed by atoms with Gasteiger partial charge in [0.1, 0.15) is 12.1 Å². The lowest BCUT2D eigenvalue weighted by Gasteiger charge is -2.02. The van der Waals surface area contributed by atoms with Crippen LogP contribution in [0.1, 0.15) is 10.4 Å². The normalized spacial score (nSPS) is 10.6. The van der Waals surface area contributed by atoms with Gasteiger partial charge in [0, 0.05) is 35.9 Å². The van der Waals surface area contributed by atoms with Crippen LogP contribution in [-0.4, -0.2) is 47.2 Å². The fourth-order valence-corrected chi connectivity index (χ4v) is 2.43. The van der Waals surface area contributed by atoms with Crippen molar-refractivity contribution in [2.24, 2.45) is 0 Å². The highest BCUT2D eigenvalue weighted by atomic mass is 16.1. The number of imidazole rings is 1. The van der Waals surface area contributed by atoms with Crippen molar-refractivity contribution in [1.29, 1.82) is 5.26 Å². The van der Waals surface area contributed by atoms with E-state index in [0.29, 0.717) is 11.6 Å². The summed E-state index contributed by atoms with van der Waals surface area (Å²) in [6, 6.07) is 3.69. The minimum absolute atomic E-state index is 0.0727. The molecule has 0 aliphatic heterocycles. The van der Waals surface area contributed by atoms with Gasteiger partial charge in [0.05, 0.1) is 24.2 Å². The van der Waals surface area contributed by atoms with Gasteiger partial charge in [-0.3, -0.25) is 4.79 Å². The van der Waals surface area contributed by atoms with Gasteiger partial charge in [-0.05, 0) is 6.07 Å². The Kier molecular flexibility index (Phi) is 3.79. The first-order valence-corrected chi connectivity index (χ1v) is 7.57. The van der Waals surface area contributed by atoms with Gasteiger partial charge < -0.3 is 10.3 Å². The molecule has 0 atom stereocenters. The summed E-state index contributed by atoms with van der Waals surface area (Å²) in [5, 5.41) is 15.2. The largest absolute Gasteiger partial charge is 0.339 e. The molecule has 0 unspecified atom stereocenters. The van der Waals surface area contributed by atoms with E-state index in [9.17, 15) is 4.79 Å². The van der Waals surface area contributed by atoms with Crippen molar-refractivity contribution in [3.8, 4) is 23.1 Å². The van der Waals surface area contributed by atoms with Crippen LogP contribution in [0.2, 0.25) is 0 Å². The molecule has 0 bridgehead atoms. The number of amides is 1. The van der Waals surface area contributed by atoms with Crippen molar-refractivity contribution >= 4 is 17.1 Å². The molecule has 1 amide bonds. The molecule has 0 aromatic carbocycles. The molecule has 4 aromatic heterocycles. The Balaban J connectivity index is 1.61.